The standard InChI is InChI=1S/C14H19N4O5P/c15-13-10-9(17-5-18-13)6(4-16-10)8-7-3-14(7,12(20)11(8)19)1-2-24(21,22)23/h4-8,11-12,19-20H,1-3H2,(H2,15,17,18)(H2,21,22,23)/t6?,7-,8-,11+,12+,14-/m1/s1. The number of aliphatic imine (C=N–C) groups is 1. The van der Waals surface area contributed by atoms with Gasteiger partial charge in [0.15, 0.2) is 5.82 Å². The molecule has 3 aliphatic rings. The first-order valence-corrected chi connectivity index (χ1v) is 9.59. The number of nitrogens with two attached hydrogens (primary N) is 1. The molecule has 0 amide bonds. The van der Waals surface area contributed by atoms with Gasteiger partial charge < -0.3 is 25.7 Å². The molecule has 0 saturated heterocycles. The van der Waals surface area contributed by atoms with Crippen molar-refractivity contribution in [2.24, 2.45) is 22.2 Å². The van der Waals surface area contributed by atoms with Crippen LogP contribution in [-0.4, -0.2) is 54.6 Å². The third-order valence-electron chi connectivity index (χ3n) is 5.79. The zero-order chi connectivity index (χ0) is 17.3. The average Bonchev–Trinajstić information content (AvgIpc) is 3.00. The summed E-state index contributed by atoms with van der Waals surface area (Å²) in [6, 6.07) is 0. The molecule has 4 rings (SSSR count). The van der Waals surface area contributed by atoms with Crippen molar-refractivity contribution in [1.29, 1.82) is 0 Å². The van der Waals surface area contributed by atoms with Gasteiger partial charge in [0.2, 0.25) is 0 Å². The quantitative estimate of drug-likeness (QED) is 0.464. The van der Waals surface area contributed by atoms with Gasteiger partial charge >= 0.3 is 7.60 Å². The van der Waals surface area contributed by atoms with Crippen LogP contribution in [0.25, 0.3) is 0 Å². The minimum absolute atomic E-state index is 0.0207. The third-order valence-corrected chi connectivity index (χ3v) is 6.60. The molecule has 1 aliphatic heterocycles. The first kappa shape index (κ1) is 16.1. The Morgan fingerprint density at radius 3 is 2.79 bits per heavy atom. The van der Waals surface area contributed by atoms with Gasteiger partial charge in [0.05, 0.1) is 24.1 Å². The first-order valence-electron chi connectivity index (χ1n) is 7.80. The molecule has 6 N–H and O–H groups in total. The van der Waals surface area contributed by atoms with Crippen molar-refractivity contribution in [2.45, 2.75) is 31.0 Å². The Bertz CT molecular complexity index is 768. The predicted molar refractivity (Wildman–Crippen MR) is 84.9 cm³/mol. The lowest BCUT2D eigenvalue weighted by molar-refractivity contribution is -0.0225. The molecule has 10 heteroatoms. The fourth-order valence-electron chi connectivity index (χ4n) is 4.54. The smallest absolute Gasteiger partial charge is 0.325 e. The number of nitrogen functional groups attached to an aromatic ring is 1. The highest BCUT2D eigenvalue weighted by atomic mass is 31.2. The molecule has 2 saturated carbocycles. The molecular weight excluding hydrogens is 335 g/mol. The zero-order valence-corrected chi connectivity index (χ0v) is 13.6. The second-order valence-electron chi connectivity index (χ2n) is 6.99. The minimum atomic E-state index is -4.14. The van der Waals surface area contributed by atoms with Crippen molar-refractivity contribution in [2.75, 3.05) is 11.9 Å². The van der Waals surface area contributed by atoms with Crippen molar-refractivity contribution in [3.63, 3.8) is 0 Å². The average molecular weight is 354 g/mol. The van der Waals surface area contributed by atoms with E-state index in [0.29, 0.717) is 17.8 Å². The number of hydrogen-bond donors (Lipinski definition) is 5. The van der Waals surface area contributed by atoms with E-state index in [-0.39, 0.29) is 36.2 Å². The van der Waals surface area contributed by atoms with E-state index in [4.69, 9.17) is 15.5 Å². The highest BCUT2D eigenvalue weighted by molar-refractivity contribution is 7.51. The molecule has 0 bridgehead atoms. The Hall–Kier alpha value is -1.38. The molecule has 0 aromatic carbocycles. The van der Waals surface area contributed by atoms with Crippen LogP contribution in [0.4, 0.5) is 11.5 Å². The maximum absolute atomic E-state index is 11.2. The summed E-state index contributed by atoms with van der Waals surface area (Å²) in [5.41, 5.74) is 6.31. The van der Waals surface area contributed by atoms with Crippen LogP contribution < -0.4 is 5.73 Å². The van der Waals surface area contributed by atoms with Crippen molar-refractivity contribution < 1.29 is 24.6 Å². The number of aliphatic hydroxyl groups excluding tert-OH is 2. The Labute approximate surface area is 137 Å². The van der Waals surface area contributed by atoms with Crippen LogP contribution in [0.2, 0.25) is 0 Å². The topological polar surface area (TPSA) is 162 Å². The Balaban J connectivity index is 1.60. The maximum atomic E-state index is 11.2. The SMILES string of the molecule is Nc1ncnc2c1N=CC2[C@H]1[C@H](O)[C@H](O)[C@]2(CCP(=O)(O)O)C[C@H]12. The summed E-state index contributed by atoms with van der Waals surface area (Å²) in [6.07, 6.45) is 1.57. The summed E-state index contributed by atoms with van der Waals surface area (Å²) in [6.45, 7) is 0. The van der Waals surface area contributed by atoms with E-state index in [2.05, 4.69) is 15.0 Å². The van der Waals surface area contributed by atoms with Gasteiger partial charge in [-0.1, -0.05) is 0 Å². The van der Waals surface area contributed by atoms with E-state index in [1.807, 2.05) is 0 Å². The number of nitrogens with zero attached hydrogens (tertiary/aromatic N) is 3. The molecule has 0 spiro atoms. The van der Waals surface area contributed by atoms with E-state index in [0.717, 1.165) is 0 Å². The van der Waals surface area contributed by atoms with E-state index < -0.39 is 25.2 Å². The predicted octanol–water partition coefficient (Wildman–Crippen LogP) is -0.216. The second kappa shape index (κ2) is 5.06. The largest absolute Gasteiger partial charge is 0.390 e. The van der Waals surface area contributed by atoms with Crippen LogP contribution in [0.1, 0.15) is 24.5 Å². The van der Waals surface area contributed by atoms with E-state index in [1.165, 1.54) is 6.33 Å². The Morgan fingerprint density at radius 2 is 2.08 bits per heavy atom. The van der Waals surface area contributed by atoms with Gasteiger partial charge in [-0.2, -0.15) is 0 Å². The van der Waals surface area contributed by atoms with Crippen molar-refractivity contribution >= 4 is 25.3 Å². The molecule has 1 aromatic heterocycles. The number of hydrogen-bond acceptors (Lipinski definition) is 7. The van der Waals surface area contributed by atoms with Crippen molar-refractivity contribution in [1.82, 2.24) is 9.97 Å². The zero-order valence-electron chi connectivity index (χ0n) is 12.7. The number of fused-ring (bicyclic) bond motifs is 2. The van der Waals surface area contributed by atoms with Gasteiger partial charge in [0.25, 0.3) is 0 Å². The molecule has 0 radical (unpaired) electrons. The molecule has 1 unspecified atom stereocenters. The maximum Gasteiger partial charge on any atom is 0.325 e. The summed E-state index contributed by atoms with van der Waals surface area (Å²) in [4.78, 5) is 30.6. The second-order valence-corrected chi connectivity index (χ2v) is 8.77. The molecule has 9 nitrogen and oxygen atoms in total. The van der Waals surface area contributed by atoms with Gasteiger partial charge in [-0.3, -0.25) is 9.56 Å². The van der Waals surface area contributed by atoms with Crippen LogP contribution >= 0.6 is 7.60 Å². The fourth-order valence-corrected chi connectivity index (χ4v) is 5.25. The van der Waals surface area contributed by atoms with Gasteiger partial charge in [-0.25, -0.2) is 9.97 Å². The molecule has 130 valence electrons. The van der Waals surface area contributed by atoms with Crippen LogP contribution in [-0.2, 0) is 4.57 Å². The summed E-state index contributed by atoms with van der Waals surface area (Å²) < 4.78 is 11.2. The lowest BCUT2D eigenvalue weighted by Crippen LogP contribution is -2.36. The fraction of sp³-hybridized carbons (Fsp3) is 0.643. The minimum Gasteiger partial charge on any atom is -0.390 e. The number of rotatable bonds is 4. The highest BCUT2D eigenvalue weighted by Crippen LogP contribution is 2.71. The van der Waals surface area contributed by atoms with Gasteiger partial charge in [-0.15, -0.1) is 0 Å². The first-order chi connectivity index (χ1) is 11.2. The van der Waals surface area contributed by atoms with Gasteiger partial charge in [0.1, 0.15) is 12.0 Å². The molecule has 24 heavy (non-hydrogen) atoms. The number of aromatic nitrogens is 2. The van der Waals surface area contributed by atoms with Crippen molar-refractivity contribution in [3.8, 4) is 0 Å². The molecule has 1 aromatic rings. The summed E-state index contributed by atoms with van der Waals surface area (Å²) in [7, 11) is -4.14. The summed E-state index contributed by atoms with van der Waals surface area (Å²) >= 11 is 0. The van der Waals surface area contributed by atoms with Crippen LogP contribution in [0, 0.1) is 17.3 Å². The normalized spacial score (nSPS) is 39.8. The Kier molecular flexibility index (Phi) is 3.40. The molecular formula is C14H19N4O5P. The van der Waals surface area contributed by atoms with Gasteiger partial charge in [0, 0.05) is 23.5 Å². The van der Waals surface area contributed by atoms with Crippen LogP contribution in [0.15, 0.2) is 11.3 Å². The molecule has 2 fully saturated rings. The van der Waals surface area contributed by atoms with Crippen molar-refractivity contribution in [3.05, 3.63) is 12.0 Å². The van der Waals surface area contributed by atoms with E-state index >= 15 is 0 Å². The van der Waals surface area contributed by atoms with E-state index in [1.54, 1.807) is 6.21 Å². The number of aliphatic hydroxyl groups is 2. The molecule has 6 atom stereocenters. The van der Waals surface area contributed by atoms with E-state index in [9.17, 15) is 14.8 Å². The summed E-state index contributed by atoms with van der Waals surface area (Å²) in [5.74, 6) is -0.321. The monoisotopic (exact) mass is 354 g/mol. The van der Waals surface area contributed by atoms with Gasteiger partial charge in [-0.05, 0) is 18.8 Å². The lowest BCUT2D eigenvalue weighted by atomic mass is 9.84. The van der Waals surface area contributed by atoms with Crippen LogP contribution in [0.5, 0.6) is 0 Å². The summed E-state index contributed by atoms with van der Waals surface area (Å²) in [5, 5.41) is 21.0. The van der Waals surface area contributed by atoms with Crippen LogP contribution in [0.3, 0.4) is 0 Å². The third kappa shape index (κ3) is 2.23. The molecule has 2 heterocycles. The lowest BCUT2D eigenvalue weighted by Gasteiger charge is -2.26. The number of anilines is 1. The Morgan fingerprint density at radius 1 is 1.33 bits per heavy atom. The molecule has 2 aliphatic carbocycles. The highest BCUT2D eigenvalue weighted by Gasteiger charge is 2.71.